The lowest BCUT2D eigenvalue weighted by molar-refractivity contribution is 0.0993. The van der Waals surface area contributed by atoms with Crippen molar-refractivity contribution in [1.82, 2.24) is 4.98 Å². The topological polar surface area (TPSA) is 93.4 Å². The van der Waals surface area contributed by atoms with Gasteiger partial charge in [0.2, 0.25) is 0 Å². The van der Waals surface area contributed by atoms with E-state index in [0.29, 0.717) is 11.3 Å². The fourth-order valence-electron chi connectivity index (χ4n) is 2.67. The van der Waals surface area contributed by atoms with E-state index in [9.17, 15) is 13.2 Å². The van der Waals surface area contributed by atoms with Gasteiger partial charge in [0, 0.05) is 30.6 Å². The second kappa shape index (κ2) is 7.20. The summed E-state index contributed by atoms with van der Waals surface area (Å²) in [5.41, 5.74) is 8.51. The summed E-state index contributed by atoms with van der Waals surface area (Å²) >= 11 is 0. The zero-order valence-electron chi connectivity index (χ0n) is 15.0. The number of nitrogens with zero attached hydrogens (tertiary/aromatic N) is 2. The van der Waals surface area contributed by atoms with E-state index in [1.54, 1.807) is 67.8 Å². The highest BCUT2D eigenvalue weighted by molar-refractivity contribution is 7.90. The Morgan fingerprint density at radius 2 is 1.63 bits per heavy atom. The normalized spacial score (nSPS) is 11.2. The van der Waals surface area contributed by atoms with Crippen LogP contribution in [0, 0.1) is 0 Å². The van der Waals surface area contributed by atoms with E-state index in [1.165, 1.54) is 4.90 Å². The lowest BCUT2D eigenvalue weighted by Gasteiger charge is -2.19. The van der Waals surface area contributed by atoms with Crippen molar-refractivity contribution in [3.63, 3.8) is 0 Å². The largest absolute Gasteiger partial charge is 0.382 e. The molecule has 1 amide bonds. The van der Waals surface area contributed by atoms with E-state index in [0.717, 1.165) is 17.4 Å². The van der Waals surface area contributed by atoms with Crippen LogP contribution in [0.5, 0.6) is 0 Å². The Morgan fingerprint density at radius 3 is 2.22 bits per heavy atom. The maximum atomic E-state index is 12.7. The second-order valence-corrected chi connectivity index (χ2v) is 8.17. The highest BCUT2D eigenvalue weighted by Crippen LogP contribution is 2.29. The lowest BCUT2D eigenvalue weighted by atomic mass is 10.1. The molecule has 138 valence electrons. The molecule has 0 aliphatic rings. The van der Waals surface area contributed by atoms with Gasteiger partial charge in [0.25, 0.3) is 5.91 Å². The molecule has 1 heterocycles. The van der Waals surface area contributed by atoms with Crippen LogP contribution in [0.4, 0.5) is 11.5 Å². The number of pyridine rings is 1. The molecule has 7 heteroatoms. The average Bonchev–Trinajstić information content (AvgIpc) is 2.67. The number of sulfone groups is 1. The molecule has 0 unspecified atom stereocenters. The Balaban J connectivity index is 1.96. The summed E-state index contributed by atoms with van der Waals surface area (Å²) in [6.45, 7) is 0. The molecule has 0 spiro atoms. The molecule has 0 fully saturated rings. The van der Waals surface area contributed by atoms with Crippen molar-refractivity contribution >= 4 is 27.2 Å². The number of carbonyl (C=O) groups is 1. The van der Waals surface area contributed by atoms with Crippen LogP contribution in [0.1, 0.15) is 10.4 Å². The number of benzene rings is 2. The van der Waals surface area contributed by atoms with Crippen molar-refractivity contribution in [3.8, 4) is 11.1 Å². The van der Waals surface area contributed by atoms with E-state index < -0.39 is 9.84 Å². The summed E-state index contributed by atoms with van der Waals surface area (Å²) in [4.78, 5) is 18.6. The monoisotopic (exact) mass is 381 g/mol. The molecule has 0 bridgehead atoms. The van der Waals surface area contributed by atoms with Crippen molar-refractivity contribution < 1.29 is 13.2 Å². The summed E-state index contributed by atoms with van der Waals surface area (Å²) in [6.07, 6.45) is 2.75. The maximum absolute atomic E-state index is 12.7. The Labute approximate surface area is 158 Å². The van der Waals surface area contributed by atoms with Gasteiger partial charge in [-0.3, -0.25) is 4.79 Å². The van der Waals surface area contributed by atoms with E-state index in [4.69, 9.17) is 5.73 Å². The zero-order valence-corrected chi connectivity index (χ0v) is 15.8. The smallest absolute Gasteiger partial charge is 0.258 e. The molecule has 6 nitrogen and oxygen atoms in total. The first kappa shape index (κ1) is 18.6. The van der Waals surface area contributed by atoms with Gasteiger partial charge in [-0.25, -0.2) is 13.4 Å². The molecular formula is C20H19N3O3S. The first-order chi connectivity index (χ1) is 12.8. The van der Waals surface area contributed by atoms with Gasteiger partial charge in [0.1, 0.15) is 5.82 Å². The number of aromatic nitrogens is 1. The number of amides is 1. The van der Waals surface area contributed by atoms with Gasteiger partial charge in [-0.1, -0.05) is 30.3 Å². The Hall–Kier alpha value is -3.19. The summed E-state index contributed by atoms with van der Waals surface area (Å²) in [5.74, 6) is 0.0342. The third-order valence-electron chi connectivity index (χ3n) is 4.20. The van der Waals surface area contributed by atoms with Crippen LogP contribution in [0.3, 0.4) is 0 Å². The Kier molecular flexibility index (Phi) is 4.96. The second-order valence-electron chi connectivity index (χ2n) is 6.16. The lowest BCUT2D eigenvalue weighted by Crippen LogP contribution is -2.27. The SMILES string of the molecule is CN(C(=O)c1ccccc1)c1cc(-c2ccc(S(C)(=O)=O)cc2)cnc1N. The van der Waals surface area contributed by atoms with Gasteiger partial charge in [0.05, 0.1) is 10.6 Å². The molecule has 0 atom stereocenters. The molecule has 3 aromatic rings. The van der Waals surface area contributed by atoms with Gasteiger partial charge in [-0.15, -0.1) is 0 Å². The molecule has 0 saturated carbocycles. The molecule has 0 saturated heterocycles. The summed E-state index contributed by atoms with van der Waals surface area (Å²) in [6, 6.07) is 17.1. The van der Waals surface area contributed by atoms with Crippen LogP contribution in [0.2, 0.25) is 0 Å². The molecule has 2 N–H and O–H groups in total. The predicted molar refractivity (Wildman–Crippen MR) is 106 cm³/mol. The van der Waals surface area contributed by atoms with Gasteiger partial charge < -0.3 is 10.6 Å². The fraction of sp³-hybridized carbons (Fsp3) is 0.100. The Bertz CT molecular complexity index is 1080. The van der Waals surface area contributed by atoms with Crippen LogP contribution < -0.4 is 10.6 Å². The van der Waals surface area contributed by atoms with E-state index in [2.05, 4.69) is 4.98 Å². The first-order valence-electron chi connectivity index (χ1n) is 8.16. The molecule has 0 aliphatic heterocycles. The highest BCUT2D eigenvalue weighted by atomic mass is 32.2. The third kappa shape index (κ3) is 3.98. The molecule has 27 heavy (non-hydrogen) atoms. The van der Waals surface area contributed by atoms with Crippen LogP contribution in [0.15, 0.2) is 71.8 Å². The molecular weight excluding hydrogens is 362 g/mol. The molecule has 2 aromatic carbocycles. The van der Waals surface area contributed by atoms with Gasteiger partial charge >= 0.3 is 0 Å². The standard InChI is InChI=1S/C20H19N3O3S/c1-23(20(24)15-6-4-3-5-7-15)18-12-16(13-22-19(18)21)14-8-10-17(11-9-14)27(2,25)26/h3-13H,1-2H3,(H2,21,22). The first-order valence-corrected chi connectivity index (χ1v) is 10.1. The minimum atomic E-state index is -3.26. The highest BCUT2D eigenvalue weighted by Gasteiger charge is 2.17. The van der Waals surface area contributed by atoms with Crippen molar-refractivity contribution in [1.29, 1.82) is 0 Å². The number of hydrogen-bond donors (Lipinski definition) is 1. The summed E-state index contributed by atoms with van der Waals surface area (Å²) in [7, 11) is -1.62. The minimum Gasteiger partial charge on any atom is -0.382 e. The zero-order chi connectivity index (χ0) is 19.6. The van der Waals surface area contributed by atoms with Crippen LogP contribution >= 0.6 is 0 Å². The molecule has 0 aliphatic carbocycles. The van der Waals surface area contributed by atoms with Gasteiger partial charge in [0.15, 0.2) is 9.84 Å². The quantitative estimate of drug-likeness (QED) is 0.750. The van der Waals surface area contributed by atoms with Crippen molar-refractivity contribution in [3.05, 3.63) is 72.4 Å². The predicted octanol–water partition coefficient (Wildman–Crippen LogP) is 3.01. The summed E-state index contributed by atoms with van der Waals surface area (Å²) < 4.78 is 23.2. The van der Waals surface area contributed by atoms with Crippen molar-refractivity contribution in [2.45, 2.75) is 4.90 Å². The van der Waals surface area contributed by atoms with Crippen molar-refractivity contribution in [2.75, 3.05) is 23.9 Å². The number of rotatable bonds is 4. The van der Waals surface area contributed by atoms with Gasteiger partial charge in [-0.05, 0) is 35.9 Å². The van der Waals surface area contributed by atoms with Crippen LogP contribution in [-0.2, 0) is 9.84 Å². The Morgan fingerprint density at radius 1 is 1.00 bits per heavy atom. The number of hydrogen-bond acceptors (Lipinski definition) is 5. The van der Waals surface area contributed by atoms with E-state index in [1.807, 2.05) is 6.07 Å². The minimum absolute atomic E-state index is 0.200. The number of carbonyl (C=O) groups excluding carboxylic acids is 1. The molecule has 1 aromatic heterocycles. The number of nitrogen functional groups attached to an aromatic ring is 1. The maximum Gasteiger partial charge on any atom is 0.258 e. The van der Waals surface area contributed by atoms with Crippen molar-refractivity contribution in [2.24, 2.45) is 0 Å². The van der Waals surface area contributed by atoms with E-state index in [-0.39, 0.29) is 16.6 Å². The fourth-order valence-corrected chi connectivity index (χ4v) is 3.30. The number of nitrogens with two attached hydrogens (primary N) is 1. The number of anilines is 2. The molecule has 0 radical (unpaired) electrons. The van der Waals surface area contributed by atoms with Crippen LogP contribution in [0.25, 0.3) is 11.1 Å². The van der Waals surface area contributed by atoms with Crippen LogP contribution in [-0.4, -0.2) is 32.6 Å². The van der Waals surface area contributed by atoms with Gasteiger partial charge in [-0.2, -0.15) is 0 Å². The van der Waals surface area contributed by atoms with E-state index >= 15 is 0 Å². The third-order valence-corrected chi connectivity index (χ3v) is 5.33. The average molecular weight is 381 g/mol. The summed E-state index contributed by atoms with van der Waals surface area (Å²) in [5, 5.41) is 0. The molecule has 3 rings (SSSR count).